The van der Waals surface area contributed by atoms with Crippen molar-refractivity contribution in [1.82, 2.24) is 19.5 Å². The molecule has 1 fully saturated rings. The SMILES string of the molecule is CC(C)=C(OS(=O)(=O)O)[C@H]1O[C@@H](n2cnc3c(=O)[nH]cnc32)[C@H](O)[C@@H]1O. The van der Waals surface area contributed by atoms with Crippen LogP contribution in [-0.2, 0) is 19.3 Å². The molecule has 142 valence electrons. The van der Waals surface area contributed by atoms with Crippen molar-refractivity contribution in [3.05, 3.63) is 34.3 Å². The van der Waals surface area contributed by atoms with Crippen LogP contribution in [0.2, 0.25) is 0 Å². The lowest BCUT2D eigenvalue weighted by molar-refractivity contribution is -0.0332. The molecular weight excluding hydrogens is 372 g/mol. The Hall–Kier alpha value is -2.32. The Morgan fingerprint density at radius 3 is 2.62 bits per heavy atom. The van der Waals surface area contributed by atoms with Gasteiger partial charge in [0, 0.05) is 0 Å². The first kappa shape index (κ1) is 18.5. The molecule has 2 aromatic rings. The smallest absolute Gasteiger partial charge is 0.387 e. The summed E-state index contributed by atoms with van der Waals surface area (Å²) >= 11 is 0. The third kappa shape index (κ3) is 3.22. The van der Waals surface area contributed by atoms with Gasteiger partial charge in [0.1, 0.15) is 18.3 Å². The van der Waals surface area contributed by atoms with Crippen molar-refractivity contribution < 1.29 is 32.1 Å². The number of nitrogens with one attached hydrogen (secondary N) is 1. The van der Waals surface area contributed by atoms with Gasteiger partial charge >= 0.3 is 10.4 Å². The highest BCUT2D eigenvalue weighted by molar-refractivity contribution is 7.81. The van der Waals surface area contributed by atoms with Crippen LogP contribution in [0.1, 0.15) is 20.1 Å². The number of imidazole rings is 1. The lowest BCUT2D eigenvalue weighted by atomic mass is 10.1. The lowest BCUT2D eigenvalue weighted by Crippen LogP contribution is -2.33. The average molecular weight is 388 g/mol. The van der Waals surface area contributed by atoms with E-state index in [9.17, 15) is 23.4 Å². The summed E-state index contributed by atoms with van der Waals surface area (Å²) in [7, 11) is -4.87. The summed E-state index contributed by atoms with van der Waals surface area (Å²) in [5, 5.41) is 20.6. The van der Waals surface area contributed by atoms with Crippen LogP contribution in [0, 0.1) is 0 Å². The van der Waals surface area contributed by atoms with Gasteiger partial charge in [-0.15, -0.1) is 0 Å². The first-order valence-electron chi connectivity index (χ1n) is 7.36. The van der Waals surface area contributed by atoms with E-state index in [4.69, 9.17) is 9.29 Å². The van der Waals surface area contributed by atoms with Gasteiger partial charge in [0.2, 0.25) is 0 Å². The first-order chi connectivity index (χ1) is 12.1. The first-order valence-corrected chi connectivity index (χ1v) is 8.72. The number of nitrogens with zero attached hydrogens (tertiary/aromatic N) is 3. The monoisotopic (exact) mass is 388 g/mol. The Morgan fingerprint density at radius 2 is 2.00 bits per heavy atom. The highest BCUT2D eigenvalue weighted by Gasteiger charge is 2.47. The van der Waals surface area contributed by atoms with Gasteiger partial charge in [0.15, 0.2) is 23.2 Å². The Labute approximate surface area is 146 Å². The van der Waals surface area contributed by atoms with Crippen molar-refractivity contribution in [3.8, 4) is 0 Å². The highest BCUT2D eigenvalue weighted by Crippen LogP contribution is 2.35. The topological polar surface area (TPSA) is 177 Å². The maximum absolute atomic E-state index is 11.7. The van der Waals surface area contributed by atoms with Gasteiger partial charge in [0.05, 0.1) is 12.7 Å². The van der Waals surface area contributed by atoms with Crippen molar-refractivity contribution >= 4 is 21.6 Å². The number of aromatic amines is 1. The molecule has 2 aromatic heterocycles. The second-order valence-electron chi connectivity index (χ2n) is 5.86. The van der Waals surface area contributed by atoms with E-state index in [0.717, 1.165) is 6.33 Å². The average Bonchev–Trinajstić information content (AvgIpc) is 3.08. The van der Waals surface area contributed by atoms with Gasteiger partial charge in [-0.1, -0.05) is 0 Å². The van der Waals surface area contributed by atoms with Crippen LogP contribution in [0.4, 0.5) is 0 Å². The normalized spacial score (nSPS) is 26.2. The number of allylic oxidation sites excluding steroid dienone is 1. The Morgan fingerprint density at radius 1 is 1.31 bits per heavy atom. The maximum Gasteiger partial charge on any atom is 0.446 e. The van der Waals surface area contributed by atoms with Crippen LogP contribution in [0.15, 0.2) is 28.8 Å². The lowest BCUT2D eigenvalue weighted by Gasteiger charge is -2.18. The van der Waals surface area contributed by atoms with Crippen LogP contribution >= 0.6 is 0 Å². The van der Waals surface area contributed by atoms with Gasteiger partial charge in [-0.2, -0.15) is 8.42 Å². The third-order valence-electron chi connectivity index (χ3n) is 3.82. The molecule has 0 unspecified atom stereocenters. The zero-order chi connectivity index (χ0) is 19.2. The summed E-state index contributed by atoms with van der Waals surface area (Å²) in [4.78, 5) is 21.9. The number of ether oxygens (including phenoxy) is 1. The number of hydrogen-bond donors (Lipinski definition) is 4. The van der Waals surface area contributed by atoms with Crippen LogP contribution < -0.4 is 5.56 Å². The van der Waals surface area contributed by atoms with E-state index in [1.807, 2.05) is 0 Å². The Kier molecular flexibility index (Phi) is 4.58. The molecule has 12 nitrogen and oxygen atoms in total. The molecule has 0 bridgehead atoms. The number of fused-ring (bicyclic) bond motifs is 1. The predicted octanol–water partition coefficient (Wildman–Crippen LogP) is -1.15. The molecule has 0 aromatic carbocycles. The molecule has 0 spiro atoms. The Balaban J connectivity index is 2.00. The molecule has 3 rings (SSSR count). The molecule has 13 heteroatoms. The summed E-state index contributed by atoms with van der Waals surface area (Å²) in [6.07, 6.45) is -3.37. The molecule has 3 heterocycles. The molecule has 4 atom stereocenters. The zero-order valence-corrected chi connectivity index (χ0v) is 14.4. The Bertz CT molecular complexity index is 1020. The van der Waals surface area contributed by atoms with E-state index in [-0.39, 0.29) is 16.9 Å². The van der Waals surface area contributed by atoms with Crippen LogP contribution in [0.25, 0.3) is 11.2 Å². The van der Waals surface area contributed by atoms with Gasteiger partial charge in [-0.05, 0) is 19.4 Å². The number of aliphatic hydroxyl groups is 2. The molecule has 4 N–H and O–H groups in total. The summed E-state index contributed by atoms with van der Waals surface area (Å²) in [5.74, 6) is -0.364. The number of rotatable bonds is 4. The maximum atomic E-state index is 11.7. The summed E-state index contributed by atoms with van der Waals surface area (Å²) in [5.41, 5.74) is -0.111. The number of aromatic nitrogens is 4. The summed E-state index contributed by atoms with van der Waals surface area (Å²) < 4.78 is 42.3. The molecule has 1 saturated heterocycles. The molecule has 0 amide bonds. The van der Waals surface area contributed by atoms with E-state index >= 15 is 0 Å². The van der Waals surface area contributed by atoms with Crippen LogP contribution in [-0.4, -0.2) is 61.0 Å². The number of H-pyrrole nitrogens is 1. The van der Waals surface area contributed by atoms with E-state index in [1.54, 1.807) is 0 Å². The molecule has 0 saturated carbocycles. The van der Waals surface area contributed by atoms with Crippen molar-refractivity contribution in [2.75, 3.05) is 0 Å². The van der Waals surface area contributed by atoms with E-state index in [2.05, 4.69) is 19.1 Å². The quantitative estimate of drug-likeness (QED) is 0.369. The van der Waals surface area contributed by atoms with Crippen LogP contribution in [0.5, 0.6) is 0 Å². The molecule has 0 radical (unpaired) electrons. The minimum Gasteiger partial charge on any atom is -0.387 e. The highest BCUT2D eigenvalue weighted by atomic mass is 32.3. The van der Waals surface area contributed by atoms with E-state index < -0.39 is 40.5 Å². The molecular formula is C13H16N4O8S. The van der Waals surface area contributed by atoms with Gasteiger partial charge in [-0.25, -0.2) is 9.97 Å². The minimum atomic E-state index is -4.87. The zero-order valence-electron chi connectivity index (χ0n) is 13.6. The molecule has 1 aliphatic heterocycles. The van der Waals surface area contributed by atoms with Crippen molar-refractivity contribution in [2.24, 2.45) is 0 Å². The van der Waals surface area contributed by atoms with Crippen molar-refractivity contribution in [2.45, 2.75) is 38.4 Å². The minimum absolute atomic E-state index is 0.00198. The van der Waals surface area contributed by atoms with Crippen molar-refractivity contribution in [1.29, 1.82) is 0 Å². The van der Waals surface area contributed by atoms with Crippen LogP contribution in [0.3, 0.4) is 0 Å². The van der Waals surface area contributed by atoms with Gasteiger partial charge in [-0.3, -0.25) is 13.9 Å². The second-order valence-corrected chi connectivity index (χ2v) is 6.88. The van der Waals surface area contributed by atoms with Gasteiger partial charge < -0.3 is 24.1 Å². The number of hydrogen-bond acceptors (Lipinski definition) is 9. The largest absolute Gasteiger partial charge is 0.446 e. The summed E-state index contributed by atoms with van der Waals surface area (Å²) in [6.45, 7) is 2.95. The summed E-state index contributed by atoms with van der Waals surface area (Å²) in [6, 6.07) is 0. The van der Waals surface area contributed by atoms with E-state index in [1.165, 1.54) is 24.7 Å². The molecule has 1 aliphatic rings. The standard InChI is InChI=1S/C13H16N4O8S/c1-5(2)9(25-26(21,22)23)10-7(18)8(19)13(24-10)17-4-16-6-11(17)14-3-15-12(6)20/h3-4,7-8,10,13,18-19H,1-2H3,(H,14,15,20)(H,21,22,23)/t7-,8+,10-,13+/m0/s1. The fourth-order valence-corrected chi connectivity index (χ4v) is 3.17. The number of aliphatic hydroxyl groups excluding tert-OH is 2. The predicted molar refractivity (Wildman–Crippen MR) is 85.1 cm³/mol. The molecule has 0 aliphatic carbocycles. The fourth-order valence-electron chi connectivity index (χ4n) is 2.68. The third-order valence-corrected chi connectivity index (χ3v) is 4.21. The molecule has 26 heavy (non-hydrogen) atoms. The fraction of sp³-hybridized carbons (Fsp3) is 0.462. The van der Waals surface area contributed by atoms with E-state index in [0.29, 0.717) is 5.57 Å². The van der Waals surface area contributed by atoms with Gasteiger partial charge in [0.25, 0.3) is 5.56 Å². The second kappa shape index (κ2) is 6.44. The van der Waals surface area contributed by atoms with Crippen molar-refractivity contribution in [3.63, 3.8) is 0 Å².